The van der Waals surface area contributed by atoms with Crippen LogP contribution in [0.25, 0.3) is 0 Å². The summed E-state index contributed by atoms with van der Waals surface area (Å²) in [5.74, 6) is 2.17. The number of carbonyl (C=O) groups excluding carboxylic acids is 1. The van der Waals surface area contributed by atoms with E-state index in [2.05, 4.69) is 5.32 Å². The maximum absolute atomic E-state index is 12.5. The lowest BCUT2D eigenvalue weighted by atomic mass is 10.0. The minimum Gasteiger partial charge on any atom is -0.493 e. The molecule has 1 amide bonds. The van der Waals surface area contributed by atoms with Gasteiger partial charge in [-0.05, 0) is 18.2 Å². The highest BCUT2D eigenvalue weighted by molar-refractivity contribution is 5.95. The van der Waals surface area contributed by atoms with Gasteiger partial charge in [0, 0.05) is 23.6 Å². The van der Waals surface area contributed by atoms with Crippen LogP contribution < -0.4 is 24.3 Å². The molecule has 0 saturated carbocycles. The predicted molar refractivity (Wildman–Crippen MR) is 93.1 cm³/mol. The van der Waals surface area contributed by atoms with Crippen molar-refractivity contribution in [2.75, 3.05) is 34.5 Å². The third-order valence-corrected chi connectivity index (χ3v) is 4.23. The summed E-state index contributed by atoms with van der Waals surface area (Å²) in [5.41, 5.74) is 1.56. The summed E-state index contributed by atoms with van der Waals surface area (Å²) in [4.78, 5) is 12.5. The lowest BCUT2D eigenvalue weighted by Gasteiger charge is -2.15. The second-order valence-corrected chi connectivity index (χ2v) is 5.67. The zero-order valence-electron chi connectivity index (χ0n) is 14.5. The molecule has 2 aromatic carbocycles. The van der Waals surface area contributed by atoms with Gasteiger partial charge in [-0.15, -0.1) is 0 Å². The van der Waals surface area contributed by atoms with Crippen LogP contribution in [0.1, 0.15) is 21.8 Å². The van der Waals surface area contributed by atoms with Gasteiger partial charge in [-0.25, -0.2) is 0 Å². The summed E-state index contributed by atoms with van der Waals surface area (Å²) in [6.45, 7) is 1.06. The second kappa shape index (κ2) is 7.34. The molecule has 0 fully saturated rings. The molecule has 6 nitrogen and oxygen atoms in total. The van der Waals surface area contributed by atoms with Crippen molar-refractivity contribution in [3.8, 4) is 23.0 Å². The minimum absolute atomic E-state index is 0.141. The van der Waals surface area contributed by atoms with Crippen LogP contribution in [0.2, 0.25) is 0 Å². The number of benzene rings is 2. The van der Waals surface area contributed by atoms with Crippen LogP contribution in [-0.2, 0) is 0 Å². The Balaban J connectivity index is 1.74. The van der Waals surface area contributed by atoms with Crippen LogP contribution in [0.5, 0.6) is 23.0 Å². The summed E-state index contributed by atoms with van der Waals surface area (Å²) in [7, 11) is 4.56. The van der Waals surface area contributed by atoms with E-state index in [-0.39, 0.29) is 11.8 Å². The number of ether oxygens (including phenoxy) is 4. The standard InChI is InChI=1S/C19H21NO5/c1-22-16-8-12(9-17(23-2)18(16)24-3)19(21)20-10-13-11-25-15-7-5-4-6-14(13)15/h4-9,13H,10-11H2,1-3H3,(H,20,21). The highest BCUT2D eigenvalue weighted by Crippen LogP contribution is 2.38. The molecular formula is C19H21NO5. The molecule has 0 radical (unpaired) electrons. The number of carbonyl (C=O) groups is 1. The third kappa shape index (κ3) is 3.33. The van der Waals surface area contributed by atoms with E-state index in [1.54, 1.807) is 12.1 Å². The van der Waals surface area contributed by atoms with E-state index in [1.807, 2.05) is 24.3 Å². The first-order valence-electron chi connectivity index (χ1n) is 7.97. The summed E-state index contributed by atoms with van der Waals surface area (Å²) in [6, 6.07) is 11.2. The molecule has 3 rings (SSSR count). The van der Waals surface area contributed by atoms with Gasteiger partial charge in [0.25, 0.3) is 5.91 Å². The number of methoxy groups -OCH3 is 3. The Morgan fingerprint density at radius 1 is 1.12 bits per heavy atom. The average molecular weight is 343 g/mol. The van der Waals surface area contributed by atoms with E-state index < -0.39 is 0 Å². The van der Waals surface area contributed by atoms with Crippen LogP contribution >= 0.6 is 0 Å². The summed E-state index contributed by atoms with van der Waals surface area (Å²) >= 11 is 0. The van der Waals surface area contributed by atoms with Crippen molar-refractivity contribution in [2.24, 2.45) is 0 Å². The molecule has 0 aliphatic carbocycles. The monoisotopic (exact) mass is 343 g/mol. The largest absolute Gasteiger partial charge is 0.493 e. The van der Waals surface area contributed by atoms with Crippen LogP contribution in [0, 0.1) is 0 Å². The molecule has 1 aliphatic heterocycles. The number of para-hydroxylation sites is 1. The second-order valence-electron chi connectivity index (χ2n) is 5.67. The Hall–Kier alpha value is -2.89. The van der Waals surface area contributed by atoms with E-state index in [0.29, 0.717) is 36.0 Å². The number of hydrogen-bond acceptors (Lipinski definition) is 5. The molecule has 0 bridgehead atoms. The third-order valence-electron chi connectivity index (χ3n) is 4.23. The van der Waals surface area contributed by atoms with Crippen molar-refractivity contribution in [3.05, 3.63) is 47.5 Å². The van der Waals surface area contributed by atoms with Crippen molar-refractivity contribution in [2.45, 2.75) is 5.92 Å². The molecule has 1 aliphatic rings. The summed E-state index contributed by atoms with van der Waals surface area (Å²) < 4.78 is 21.5. The zero-order valence-corrected chi connectivity index (χ0v) is 14.5. The van der Waals surface area contributed by atoms with Gasteiger partial charge in [0.2, 0.25) is 5.75 Å². The Bertz CT molecular complexity index is 749. The minimum atomic E-state index is -0.205. The van der Waals surface area contributed by atoms with Crippen molar-refractivity contribution in [3.63, 3.8) is 0 Å². The molecule has 6 heteroatoms. The average Bonchev–Trinajstić information content (AvgIpc) is 3.07. The zero-order chi connectivity index (χ0) is 17.8. The van der Waals surface area contributed by atoms with Crippen molar-refractivity contribution >= 4 is 5.91 Å². The quantitative estimate of drug-likeness (QED) is 0.873. The number of nitrogens with one attached hydrogen (secondary N) is 1. The molecule has 1 unspecified atom stereocenters. The Labute approximate surface area is 146 Å². The van der Waals surface area contributed by atoms with Crippen LogP contribution in [0.3, 0.4) is 0 Å². The Kier molecular flexibility index (Phi) is 4.97. The highest BCUT2D eigenvalue weighted by Gasteiger charge is 2.24. The molecule has 1 heterocycles. The van der Waals surface area contributed by atoms with Crippen molar-refractivity contribution in [1.29, 1.82) is 0 Å². The lowest BCUT2D eigenvalue weighted by Crippen LogP contribution is -2.29. The molecule has 25 heavy (non-hydrogen) atoms. The van der Waals surface area contributed by atoms with E-state index in [4.69, 9.17) is 18.9 Å². The van der Waals surface area contributed by atoms with Gasteiger partial charge < -0.3 is 24.3 Å². The van der Waals surface area contributed by atoms with Gasteiger partial charge in [-0.2, -0.15) is 0 Å². The molecule has 2 aromatic rings. The van der Waals surface area contributed by atoms with Crippen LogP contribution in [0.15, 0.2) is 36.4 Å². The van der Waals surface area contributed by atoms with E-state index >= 15 is 0 Å². The van der Waals surface area contributed by atoms with Crippen molar-refractivity contribution < 1.29 is 23.7 Å². The SMILES string of the molecule is COc1cc(C(=O)NCC2COc3ccccc32)cc(OC)c1OC. The molecule has 0 spiro atoms. The lowest BCUT2D eigenvalue weighted by molar-refractivity contribution is 0.0949. The molecule has 0 saturated heterocycles. The smallest absolute Gasteiger partial charge is 0.251 e. The van der Waals surface area contributed by atoms with Gasteiger partial charge >= 0.3 is 0 Å². The first-order valence-corrected chi connectivity index (χ1v) is 7.97. The summed E-state index contributed by atoms with van der Waals surface area (Å²) in [6.07, 6.45) is 0. The van der Waals surface area contributed by atoms with Gasteiger partial charge in [-0.1, -0.05) is 18.2 Å². The van der Waals surface area contributed by atoms with Gasteiger partial charge in [0.1, 0.15) is 5.75 Å². The number of rotatable bonds is 6. The molecule has 1 atom stereocenters. The normalized spacial score (nSPS) is 15.1. The topological polar surface area (TPSA) is 66.0 Å². The van der Waals surface area contributed by atoms with Crippen LogP contribution in [-0.4, -0.2) is 40.4 Å². The maximum atomic E-state index is 12.5. The van der Waals surface area contributed by atoms with E-state index in [9.17, 15) is 4.79 Å². The first-order chi connectivity index (χ1) is 12.2. The van der Waals surface area contributed by atoms with E-state index in [1.165, 1.54) is 21.3 Å². The maximum Gasteiger partial charge on any atom is 0.251 e. The summed E-state index contributed by atoms with van der Waals surface area (Å²) in [5, 5.41) is 2.95. The van der Waals surface area contributed by atoms with Gasteiger partial charge in [0.05, 0.1) is 27.9 Å². The van der Waals surface area contributed by atoms with E-state index in [0.717, 1.165) is 11.3 Å². The fraction of sp³-hybridized carbons (Fsp3) is 0.316. The Morgan fingerprint density at radius 2 is 1.80 bits per heavy atom. The first kappa shape index (κ1) is 17.0. The number of fused-ring (bicyclic) bond motifs is 1. The Morgan fingerprint density at radius 3 is 2.44 bits per heavy atom. The molecule has 1 N–H and O–H groups in total. The fourth-order valence-electron chi connectivity index (χ4n) is 2.93. The van der Waals surface area contributed by atoms with Crippen molar-refractivity contribution in [1.82, 2.24) is 5.32 Å². The molecular weight excluding hydrogens is 322 g/mol. The van der Waals surface area contributed by atoms with Gasteiger partial charge in [-0.3, -0.25) is 4.79 Å². The number of amides is 1. The molecule has 0 aromatic heterocycles. The highest BCUT2D eigenvalue weighted by atomic mass is 16.5. The fourth-order valence-corrected chi connectivity index (χ4v) is 2.93. The van der Waals surface area contributed by atoms with Gasteiger partial charge in [0.15, 0.2) is 11.5 Å². The van der Waals surface area contributed by atoms with Crippen LogP contribution in [0.4, 0.5) is 0 Å². The number of hydrogen-bond donors (Lipinski definition) is 1. The molecule has 132 valence electrons. The predicted octanol–water partition coefficient (Wildman–Crippen LogP) is 2.62.